The van der Waals surface area contributed by atoms with E-state index in [0.29, 0.717) is 24.1 Å². The first-order valence-electron chi connectivity index (χ1n) is 8.55. The smallest absolute Gasteiger partial charge is 0.252 e. The predicted molar refractivity (Wildman–Crippen MR) is 102 cm³/mol. The molecule has 0 unspecified atom stereocenters. The van der Waals surface area contributed by atoms with Crippen LogP contribution in [0.5, 0.6) is 0 Å². The van der Waals surface area contributed by atoms with E-state index in [1.165, 1.54) is 0 Å². The SMILES string of the molecule is NCN(c1ccc(C(N)=O)c(Nc2ccc3ncccc3c2)n1)C1CC1. The Kier molecular flexibility index (Phi) is 4.14. The molecule has 2 aromatic heterocycles. The van der Waals surface area contributed by atoms with Gasteiger partial charge in [-0.05, 0) is 49.2 Å². The maximum atomic E-state index is 11.8. The first-order valence-corrected chi connectivity index (χ1v) is 8.55. The van der Waals surface area contributed by atoms with Crippen LogP contribution in [0.4, 0.5) is 17.3 Å². The number of fused-ring (bicyclic) bond motifs is 1. The summed E-state index contributed by atoms with van der Waals surface area (Å²) in [5.74, 6) is 0.641. The lowest BCUT2D eigenvalue weighted by Crippen LogP contribution is -2.33. The van der Waals surface area contributed by atoms with Crippen molar-refractivity contribution in [1.82, 2.24) is 9.97 Å². The number of primary amides is 1. The van der Waals surface area contributed by atoms with E-state index in [1.807, 2.05) is 35.2 Å². The summed E-state index contributed by atoms with van der Waals surface area (Å²) in [5.41, 5.74) is 13.4. The minimum atomic E-state index is -0.528. The number of hydrogen-bond donors (Lipinski definition) is 3. The van der Waals surface area contributed by atoms with Crippen molar-refractivity contribution in [3.63, 3.8) is 0 Å². The third-order valence-electron chi connectivity index (χ3n) is 4.49. The Labute approximate surface area is 151 Å². The predicted octanol–water partition coefficient (Wildman–Crippen LogP) is 2.36. The van der Waals surface area contributed by atoms with Crippen LogP contribution in [0.25, 0.3) is 10.9 Å². The summed E-state index contributed by atoms with van der Waals surface area (Å²) in [7, 11) is 0. The summed E-state index contributed by atoms with van der Waals surface area (Å²) in [4.78, 5) is 22.8. The van der Waals surface area contributed by atoms with Gasteiger partial charge >= 0.3 is 0 Å². The number of nitrogens with one attached hydrogen (secondary N) is 1. The summed E-state index contributed by atoms with van der Waals surface area (Å²) < 4.78 is 0. The number of rotatable bonds is 6. The molecule has 0 spiro atoms. The highest BCUT2D eigenvalue weighted by molar-refractivity contribution is 5.98. The van der Waals surface area contributed by atoms with Gasteiger partial charge in [-0.3, -0.25) is 9.78 Å². The van der Waals surface area contributed by atoms with Crippen LogP contribution in [-0.2, 0) is 0 Å². The summed E-state index contributed by atoms with van der Waals surface area (Å²) in [6, 6.07) is 13.6. The first-order chi connectivity index (χ1) is 12.7. The Morgan fingerprint density at radius 3 is 2.81 bits per heavy atom. The lowest BCUT2D eigenvalue weighted by Gasteiger charge is -2.22. The number of amides is 1. The van der Waals surface area contributed by atoms with Crippen LogP contribution in [0.15, 0.2) is 48.7 Å². The lowest BCUT2D eigenvalue weighted by molar-refractivity contribution is 0.100. The molecule has 0 saturated heterocycles. The van der Waals surface area contributed by atoms with E-state index in [4.69, 9.17) is 11.5 Å². The van der Waals surface area contributed by atoms with Crippen LogP contribution in [0.2, 0.25) is 0 Å². The van der Waals surface area contributed by atoms with Crippen molar-refractivity contribution in [2.45, 2.75) is 18.9 Å². The highest BCUT2D eigenvalue weighted by Crippen LogP contribution is 2.31. The topological polar surface area (TPSA) is 110 Å². The number of hydrogen-bond acceptors (Lipinski definition) is 6. The molecule has 26 heavy (non-hydrogen) atoms. The molecule has 7 heteroatoms. The normalized spacial score (nSPS) is 13.6. The number of anilines is 3. The second kappa shape index (κ2) is 6.61. The molecule has 4 rings (SSSR count). The Morgan fingerprint density at radius 1 is 1.23 bits per heavy atom. The van der Waals surface area contributed by atoms with E-state index >= 15 is 0 Å². The van der Waals surface area contributed by atoms with Gasteiger partial charge in [0.1, 0.15) is 11.6 Å². The van der Waals surface area contributed by atoms with E-state index in [9.17, 15) is 4.79 Å². The average molecular weight is 348 g/mol. The molecule has 1 aliphatic carbocycles. The molecule has 2 heterocycles. The molecule has 1 saturated carbocycles. The number of carbonyl (C=O) groups is 1. The van der Waals surface area contributed by atoms with Crippen LogP contribution in [0.3, 0.4) is 0 Å². The number of nitrogens with two attached hydrogens (primary N) is 2. The molecular formula is C19H20N6O. The molecule has 1 fully saturated rings. The highest BCUT2D eigenvalue weighted by atomic mass is 16.1. The number of aromatic nitrogens is 2. The molecule has 0 bridgehead atoms. The minimum Gasteiger partial charge on any atom is -0.365 e. The van der Waals surface area contributed by atoms with Gasteiger partial charge in [-0.2, -0.15) is 0 Å². The fraction of sp³-hybridized carbons (Fsp3) is 0.211. The molecule has 1 aromatic carbocycles. The van der Waals surface area contributed by atoms with Gasteiger partial charge in [-0.1, -0.05) is 6.07 Å². The molecule has 1 aliphatic rings. The highest BCUT2D eigenvalue weighted by Gasteiger charge is 2.29. The molecule has 0 aliphatic heterocycles. The van der Waals surface area contributed by atoms with Crippen molar-refractivity contribution in [1.29, 1.82) is 0 Å². The number of carbonyl (C=O) groups excluding carboxylic acids is 1. The quantitative estimate of drug-likeness (QED) is 0.590. The zero-order valence-corrected chi connectivity index (χ0v) is 14.2. The molecule has 1 amide bonds. The zero-order chi connectivity index (χ0) is 18.1. The number of benzene rings is 1. The Morgan fingerprint density at radius 2 is 2.08 bits per heavy atom. The fourth-order valence-electron chi connectivity index (χ4n) is 3.01. The minimum absolute atomic E-state index is 0.341. The molecular weight excluding hydrogens is 328 g/mol. The third-order valence-corrected chi connectivity index (χ3v) is 4.49. The van der Waals surface area contributed by atoms with E-state index in [2.05, 4.69) is 15.3 Å². The van der Waals surface area contributed by atoms with E-state index in [-0.39, 0.29) is 0 Å². The second-order valence-corrected chi connectivity index (χ2v) is 6.35. The Balaban J connectivity index is 1.71. The van der Waals surface area contributed by atoms with Crippen molar-refractivity contribution in [3.8, 4) is 0 Å². The van der Waals surface area contributed by atoms with E-state index in [1.54, 1.807) is 18.3 Å². The molecule has 7 nitrogen and oxygen atoms in total. The van der Waals surface area contributed by atoms with E-state index < -0.39 is 5.91 Å². The molecule has 5 N–H and O–H groups in total. The second-order valence-electron chi connectivity index (χ2n) is 6.35. The standard InChI is InChI=1S/C19H20N6O/c20-11-25(14-4-5-14)17-8-6-15(18(21)26)19(24-17)23-13-3-7-16-12(10-13)2-1-9-22-16/h1-3,6-10,14H,4-5,11,20H2,(H2,21,26)(H,23,24). The van der Waals surface area contributed by atoms with Gasteiger partial charge in [-0.25, -0.2) is 4.98 Å². The average Bonchev–Trinajstić information content (AvgIpc) is 3.47. The van der Waals surface area contributed by atoms with Crippen LogP contribution in [-0.4, -0.2) is 28.6 Å². The lowest BCUT2D eigenvalue weighted by atomic mass is 10.2. The summed E-state index contributed by atoms with van der Waals surface area (Å²) in [6.45, 7) is 0.384. The van der Waals surface area contributed by atoms with Crippen LogP contribution >= 0.6 is 0 Å². The zero-order valence-electron chi connectivity index (χ0n) is 14.2. The van der Waals surface area contributed by atoms with E-state index in [0.717, 1.165) is 35.2 Å². The van der Waals surface area contributed by atoms with Gasteiger partial charge in [0.25, 0.3) is 5.91 Å². The van der Waals surface area contributed by atoms with Crippen LogP contribution in [0.1, 0.15) is 23.2 Å². The molecule has 132 valence electrons. The first kappa shape index (κ1) is 16.3. The maximum absolute atomic E-state index is 11.8. The van der Waals surface area contributed by atoms with Gasteiger partial charge in [0.15, 0.2) is 0 Å². The largest absolute Gasteiger partial charge is 0.365 e. The van der Waals surface area contributed by atoms with Crippen molar-refractivity contribution >= 4 is 34.1 Å². The van der Waals surface area contributed by atoms with Gasteiger partial charge in [-0.15, -0.1) is 0 Å². The molecule has 0 radical (unpaired) electrons. The van der Waals surface area contributed by atoms with Crippen molar-refractivity contribution in [2.75, 3.05) is 16.9 Å². The van der Waals surface area contributed by atoms with Gasteiger partial charge < -0.3 is 21.7 Å². The van der Waals surface area contributed by atoms with Crippen LogP contribution in [0, 0.1) is 0 Å². The van der Waals surface area contributed by atoms with Crippen molar-refractivity contribution in [3.05, 3.63) is 54.2 Å². The fourth-order valence-corrected chi connectivity index (χ4v) is 3.01. The number of nitrogens with zero attached hydrogens (tertiary/aromatic N) is 3. The van der Waals surface area contributed by atoms with Gasteiger partial charge in [0.2, 0.25) is 0 Å². The summed E-state index contributed by atoms with van der Waals surface area (Å²) in [6.07, 6.45) is 3.97. The van der Waals surface area contributed by atoms with Crippen LogP contribution < -0.4 is 21.7 Å². The summed E-state index contributed by atoms with van der Waals surface area (Å²) >= 11 is 0. The number of pyridine rings is 2. The third kappa shape index (κ3) is 3.16. The monoisotopic (exact) mass is 348 g/mol. The van der Waals surface area contributed by atoms with Crippen molar-refractivity contribution in [2.24, 2.45) is 11.5 Å². The Hall–Kier alpha value is -3.19. The van der Waals surface area contributed by atoms with Gasteiger partial charge in [0.05, 0.1) is 17.7 Å². The maximum Gasteiger partial charge on any atom is 0.252 e. The summed E-state index contributed by atoms with van der Waals surface area (Å²) in [5, 5.41) is 4.21. The molecule has 3 aromatic rings. The van der Waals surface area contributed by atoms with Crippen molar-refractivity contribution < 1.29 is 4.79 Å². The van der Waals surface area contributed by atoms with Gasteiger partial charge in [0, 0.05) is 23.3 Å². The molecule has 0 atom stereocenters. The Bertz CT molecular complexity index is 969.